The van der Waals surface area contributed by atoms with E-state index in [0.29, 0.717) is 0 Å². The van der Waals surface area contributed by atoms with Crippen LogP contribution in [0.25, 0.3) is 0 Å². The Morgan fingerprint density at radius 1 is 1.32 bits per heavy atom. The van der Waals surface area contributed by atoms with Gasteiger partial charge in [0.05, 0.1) is 11.8 Å². The maximum atomic E-state index is 12.5. The van der Waals surface area contributed by atoms with E-state index < -0.39 is 17.8 Å². The van der Waals surface area contributed by atoms with Gasteiger partial charge in [-0.2, -0.15) is 0 Å². The van der Waals surface area contributed by atoms with Crippen molar-refractivity contribution >= 4 is 11.9 Å². The molecule has 0 spiro atoms. The molecule has 4 heteroatoms. The second-order valence-electron chi connectivity index (χ2n) is 6.77. The Balaban J connectivity index is 2.00. The molecule has 2 bridgehead atoms. The first-order valence-electron chi connectivity index (χ1n) is 8.61. The maximum Gasteiger partial charge on any atom is 0.310 e. The number of ether oxygens (including phenoxy) is 1. The fraction of sp³-hybridized carbons (Fsp3) is 0.778. The Bertz CT molecular complexity index is 454. The fourth-order valence-electron chi connectivity index (χ4n) is 4.06. The van der Waals surface area contributed by atoms with E-state index in [0.717, 1.165) is 44.1 Å². The molecular weight excluding hydrogens is 280 g/mol. The average Bonchev–Trinajstić information content (AvgIpc) is 3.02. The predicted octanol–water partition coefficient (Wildman–Crippen LogP) is 3.80. The van der Waals surface area contributed by atoms with Crippen molar-refractivity contribution in [2.75, 3.05) is 0 Å². The Labute approximate surface area is 132 Å². The summed E-state index contributed by atoms with van der Waals surface area (Å²) in [6.07, 6.45) is 7.80. The van der Waals surface area contributed by atoms with E-state index in [9.17, 15) is 14.7 Å². The van der Waals surface area contributed by atoms with E-state index in [2.05, 4.69) is 13.0 Å². The SMILES string of the molecule is CCCCCC(CC)OC(=O)C1C2C=C(C)C(C2)C1C(=O)O. The molecule has 4 nitrogen and oxygen atoms in total. The highest BCUT2D eigenvalue weighted by Gasteiger charge is 2.54. The number of carbonyl (C=O) groups is 2. The van der Waals surface area contributed by atoms with E-state index in [1.165, 1.54) is 0 Å². The molecule has 0 aromatic rings. The first kappa shape index (κ1) is 17.0. The lowest BCUT2D eigenvalue weighted by atomic mass is 9.80. The Hall–Kier alpha value is -1.32. The number of aliphatic carboxylic acids is 1. The quantitative estimate of drug-likeness (QED) is 0.421. The lowest BCUT2D eigenvalue weighted by Crippen LogP contribution is -2.36. The zero-order chi connectivity index (χ0) is 16.3. The number of carboxylic acids is 1. The minimum absolute atomic E-state index is 0.0141. The highest BCUT2D eigenvalue weighted by molar-refractivity contribution is 5.84. The summed E-state index contributed by atoms with van der Waals surface area (Å²) in [6, 6.07) is 0. The first-order valence-corrected chi connectivity index (χ1v) is 8.61. The van der Waals surface area contributed by atoms with Crippen LogP contribution in [-0.2, 0) is 14.3 Å². The van der Waals surface area contributed by atoms with Crippen molar-refractivity contribution in [3.05, 3.63) is 11.6 Å². The van der Waals surface area contributed by atoms with Crippen LogP contribution in [0.4, 0.5) is 0 Å². The summed E-state index contributed by atoms with van der Waals surface area (Å²) in [5.74, 6) is -2.19. The second kappa shape index (κ2) is 7.30. The molecular formula is C18H28O4. The molecule has 0 amide bonds. The molecule has 5 unspecified atom stereocenters. The van der Waals surface area contributed by atoms with Gasteiger partial charge < -0.3 is 9.84 Å². The van der Waals surface area contributed by atoms with Crippen LogP contribution in [0.3, 0.4) is 0 Å². The lowest BCUT2D eigenvalue weighted by molar-refractivity contribution is -0.163. The molecule has 2 aliphatic rings. The smallest absolute Gasteiger partial charge is 0.310 e. The van der Waals surface area contributed by atoms with Crippen LogP contribution in [0.5, 0.6) is 0 Å². The molecule has 0 aromatic carbocycles. The van der Waals surface area contributed by atoms with E-state index in [-0.39, 0.29) is 23.9 Å². The van der Waals surface area contributed by atoms with Gasteiger partial charge in [-0.1, -0.05) is 38.3 Å². The molecule has 0 radical (unpaired) electrons. The van der Waals surface area contributed by atoms with Crippen molar-refractivity contribution in [1.82, 2.24) is 0 Å². The summed E-state index contributed by atoms with van der Waals surface area (Å²) in [6.45, 7) is 6.14. The van der Waals surface area contributed by atoms with Gasteiger partial charge in [0.15, 0.2) is 0 Å². The van der Waals surface area contributed by atoms with Gasteiger partial charge in [-0.15, -0.1) is 0 Å². The zero-order valence-corrected chi connectivity index (χ0v) is 13.9. The van der Waals surface area contributed by atoms with Gasteiger partial charge in [0.25, 0.3) is 0 Å². The average molecular weight is 308 g/mol. The Morgan fingerprint density at radius 3 is 2.64 bits per heavy atom. The highest BCUT2D eigenvalue weighted by Crippen LogP contribution is 2.52. The van der Waals surface area contributed by atoms with Crippen LogP contribution in [0, 0.1) is 23.7 Å². The summed E-state index contributed by atoms with van der Waals surface area (Å²) in [4.78, 5) is 24.1. The van der Waals surface area contributed by atoms with Crippen LogP contribution in [0.2, 0.25) is 0 Å². The van der Waals surface area contributed by atoms with Crippen LogP contribution in [0.1, 0.15) is 59.3 Å². The topological polar surface area (TPSA) is 63.6 Å². The third-order valence-electron chi connectivity index (χ3n) is 5.29. The summed E-state index contributed by atoms with van der Waals surface area (Å²) >= 11 is 0. The van der Waals surface area contributed by atoms with Gasteiger partial charge in [-0.3, -0.25) is 9.59 Å². The number of unbranched alkanes of at least 4 members (excludes halogenated alkanes) is 2. The van der Waals surface area contributed by atoms with Crippen molar-refractivity contribution in [3.63, 3.8) is 0 Å². The largest absolute Gasteiger partial charge is 0.481 e. The number of carbonyl (C=O) groups excluding carboxylic acids is 1. The van der Waals surface area contributed by atoms with Crippen molar-refractivity contribution in [3.8, 4) is 0 Å². The van der Waals surface area contributed by atoms with Gasteiger partial charge in [0.1, 0.15) is 6.10 Å². The first-order chi connectivity index (χ1) is 10.5. The zero-order valence-electron chi connectivity index (χ0n) is 13.9. The molecule has 124 valence electrons. The predicted molar refractivity (Wildman–Crippen MR) is 84.3 cm³/mol. The molecule has 0 heterocycles. The van der Waals surface area contributed by atoms with Gasteiger partial charge >= 0.3 is 11.9 Å². The Morgan fingerprint density at radius 2 is 2.05 bits per heavy atom. The van der Waals surface area contributed by atoms with Gasteiger partial charge in [-0.05, 0) is 44.4 Å². The third-order valence-corrected chi connectivity index (χ3v) is 5.29. The normalized spacial score (nSPS) is 31.0. The summed E-state index contributed by atoms with van der Waals surface area (Å²) in [5.41, 5.74) is 1.12. The number of rotatable bonds is 8. The molecule has 2 aliphatic carbocycles. The maximum absolute atomic E-state index is 12.5. The van der Waals surface area contributed by atoms with Gasteiger partial charge in [-0.25, -0.2) is 0 Å². The molecule has 22 heavy (non-hydrogen) atoms. The molecule has 0 aliphatic heterocycles. The molecule has 1 saturated carbocycles. The number of hydrogen-bond acceptors (Lipinski definition) is 3. The van der Waals surface area contributed by atoms with E-state index in [4.69, 9.17) is 4.74 Å². The number of hydrogen-bond donors (Lipinski definition) is 1. The molecule has 0 saturated heterocycles. The van der Waals surface area contributed by atoms with Gasteiger partial charge in [0.2, 0.25) is 0 Å². The van der Waals surface area contributed by atoms with Crippen LogP contribution < -0.4 is 0 Å². The number of esters is 1. The lowest BCUT2D eigenvalue weighted by Gasteiger charge is -2.27. The summed E-state index contributed by atoms with van der Waals surface area (Å²) in [7, 11) is 0. The van der Waals surface area contributed by atoms with E-state index in [1.54, 1.807) is 0 Å². The molecule has 2 rings (SSSR count). The van der Waals surface area contributed by atoms with E-state index in [1.807, 2.05) is 13.8 Å². The van der Waals surface area contributed by atoms with Crippen LogP contribution in [-0.4, -0.2) is 23.1 Å². The van der Waals surface area contributed by atoms with Crippen molar-refractivity contribution < 1.29 is 19.4 Å². The van der Waals surface area contributed by atoms with Gasteiger partial charge in [0, 0.05) is 0 Å². The summed E-state index contributed by atoms with van der Waals surface area (Å²) < 4.78 is 5.67. The van der Waals surface area contributed by atoms with Crippen molar-refractivity contribution in [1.29, 1.82) is 0 Å². The second-order valence-corrected chi connectivity index (χ2v) is 6.77. The molecule has 1 N–H and O–H groups in total. The fourth-order valence-corrected chi connectivity index (χ4v) is 4.06. The van der Waals surface area contributed by atoms with Crippen molar-refractivity contribution in [2.45, 2.75) is 65.4 Å². The number of fused-ring (bicyclic) bond motifs is 2. The van der Waals surface area contributed by atoms with Crippen molar-refractivity contribution in [2.24, 2.45) is 23.7 Å². The van der Waals surface area contributed by atoms with E-state index >= 15 is 0 Å². The standard InChI is InChI=1S/C18H28O4/c1-4-6-7-8-13(5-2)22-18(21)15-12-9-11(3)14(10-12)16(15)17(19)20/h9,12-16H,4-8,10H2,1-3H3,(H,19,20). The summed E-state index contributed by atoms with van der Waals surface area (Å²) in [5, 5.41) is 9.50. The number of allylic oxidation sites excluding steroid dienone is 2. The van der Waals surface area contributed by atoms with Crippen LogP contribution in [0.15, 0.2) is 11.6 Å². The third kappa shape index (κ3) is 3.36. The Kier molecular flexibility index (Phi) is 5.65. The minimum Gasteiger partial charge on any atom is -0.481 e. The minimum atomic E-state index is -0.860. The number of carboxylic acid groups (broad SMARTS) is 1. The molecule has 0 aromatic heterocycles. The van der Waals surface area contributed by atoms with Crippen LogP contribution >= 0.6 is 0 Å². The highest BCUT2D eigenvalue weighted by atomic mass is 16.5. The molecule has 1 fully saturated rings. The monoisotopic (exact) mass is 308 g/mol. The molecule has 5 atom stereocenters.